The minimum atomic E-state index is -0.832. The molecule has 1 aliphatic rings. The first-order valence-electron chi connectivity index (χ1n) is 5.78. The molecule has 0 bridgehead atoms. The molecule has 0 spiro atoms. The van der Waals surface area contributed by atoms with E-state index in [0.29, 0.717) is 6.54 Å². The molecule has 0 aliphatic heterocycles. The summed E-state index contributed by atoms with van der Waals surface area (Å²) in [4.78, 5) is 15.6. The summed E-state index contributed by atoms with van der Waals surface area (Å²) in [6, 6.07) is 0. The van der Waals surface area contributed by atoms with Crippen LogP contribution in [0.5, 0.6) is 0 Å². The Labute approximate surface area is 97.7 Å². The Morgan fingerprint density at radius 3 is 2.25 bits per heavy atom. The van der Waals surface area contributed by atoms with Gasteiger partial charge in [-0.25, -0.2) is 0 Å². The topological polar surface area (TPSA) is 75.6 Å². The Hall–Kier alpha value is -0.650. The number of likely N-dealkylation sites (N-methyl/N-ethyl adjacent to an activating group) is 2. The van der Waals surface area contributed by atoms with Crippen molar-refractivity contribution in [3.8, 4) is 0 Å². The first kappa shape index (κ1) is 13.4. The number of hydrogen-bond acceptors (Lipinski definition) is 4. The molecule has 1 amide bonds. The molecule has 1 unspecified atom stereocenters. The van der Waals surface area contributed by atoms with Gasteiger partial charge in [-0.3, -0.25) is 4.79 Å². The molecule has 1 atom stereocenters. The molecule has 0 radical (unpaired) electrons. The van der Waals surface area contributed by atoms with Gasteiger partial charge in [0.25, 0.3) is 0 Å². The number of hydrogen-bond donors (Lipinski definition) is 2. The van der Waals surface area contributed by atoms with Crippen molar-refractivity contribution in [2.24, 2.45) is 17.4 Å². The van der Waals surface area contributed by atoms with Gasteiger partial charge in [0.2, 0.25) is 5.91 Å². The van der Waals surface area contributed by atoms with E-state index in [-0.39, 0.29) is 11.8 Å². The van der Waals surface area contributed by atoms with Crippen molar-refractivity contribution in [2.75, 3.05) is 40.8 Å². The van der Waals surface area contributed by atoms with E-state index in [2.05, 4.69) is 9.80 Å². The maximum absolute atomic E-state index is 11.4. The first-order valence-corrected chi connectivity index (χ1v) is 5.78. The van der Waals surface area contributed by atoms with E-state index in [4.69, 9.17) is 11.5 Å². The summed E-state index contributed by atoms with van der Waals surface area (Å²) in [5, 5.41) is 0. The third-order valence-corrected chi connectivity index (χ3v) is 3.23. The summed E-state index contributed by atoms with van der Waals surface area (Å²) in [5.41, 5.74) is 10.7. The van der Waals surface area contributed by atoms with Crippen molar-refractivity contribution in [2.45, 2.75) is 18.4 Å². The van der Waals surface area contributed by atoms with Crippen molar-refractivity contribution in [1.82, 2.24) is 9.80 Å². The monoisotopic (exact) mass is 228 g/mol. The number of nitrogens with two attached hydrogens (primary N) is 2. The average Bonchev–Trinajstić information content (AvgIpc) is 2.97. The summed E-state index contributed by atoms with van der Waals surface area (Å²) < 4.78 is 0. The van der Waals surface area contributed by atoms with E-state index in [1.807, 2.05) is 21.1 Å². The minimum Gasteiger partial charge on any atom is -0.368 e. The predicted molar refractivity (Wildman–Crippen MR) is 64.9 cm³/mol. The van der Waals surface area contributed by atoms with E-state index in [1.165, 1.54) is 0 Å². The molecule has 0 saturated heterocycles. The third-order valence-electron chi connectivity index (χ3n) is 3.23. The first-order chi connectivity index (χ1) is 7.36. The van der Waals surface area contributed by atoms with Gasteiger partial charge in [0.1, 0.15) is 5.54 Å². The van der Waals surface area contributed by atoms with Gasteiger partial charge in [0.15, 0.2) is 0 Å². The normalized spacial score (nSPS) is 20.1. The van der Waals surface area contributed by atoms with Gasteiger partial charge in [0.05, 0.1) is 0 Å². The van der Waals surface area contributed by atoms with Crippen LogP contribution in [0.4, 0.5) is 0 Å². The molecule has 94 valence electrons. The molecule has 5 heteroatoms. The van der Waals surface area contributed by atoms with Gasteiger partial charge in [-0.1, -0.05) is 0 Å². The summed E-state index contributed by atoms with van der Waals surface area (Å²) in [6.45, 7) is 2.41. The van der Waals surface area contributed by atoms with Gasteiger partial charge in [-0.15, -0.1) is 0 Å². The highest BCUT2D eigenvalue weighted by molar-refractivity contribution is 5.85. The Bertz CT molecular complexity index is 252. The van der Waals surface area contributed by atoms with Crippen molar-refractivity contribution < 1.29 is 4.79 Å². The molecule has 0 aromatic carbocycles. The standard InChI is InChI=1S/C11H24N4O/c1-14(2)6-7-15(3)8-11(13,10(12)16)9-4-5-9/h9H,4-8,13H2,1-3H3,(H2,12,16). The molecule has 1 rings (SSSR count). The lowest BCUT2D eigenvalue weighted by molar-refractivity contribution is -0.124. The van der Waals surface area contributed by atoms with Gasteiger partial charge in [-0.2, -0.15) is 0 Å². The second-order valence-corrected chi connectivity index (χ2v) is 5.22. The van der Waals surface area contributed by atoms with Crippen LogP contribution in [0, 0.1) is 5.92 Å². The van der Waals surface area contributed by atoms with Crippen molar-refractivity contribution >= 4 is 5.91 Å². The van der Waals surface area contributed by atoms with E-state index >= 15 is 0 Å². The summed E-state index contributed by atoms with van der Waals surface area (Å²) in [5.74, 6) is -0.0847. The van der Waals surface area contributed by atoms with E-state index < -0.39 is 5.54 Å². The van der Waals surface area contributed by atoms with Crippen LogP contribution in [-0.2, 0) is 4.79 Å². The lowest BCUT2D eigenvalue weighted by Gasteiger charge is -2.31. The molecule has 0 heterocycles. The molecule has 1 saturated carbocycles. The number of nitrogens with zero attached hydrogens (tertiary/aromatic N) is 2. The molecule has 4 N–H and O–H groups in total. The van der Waals surface area contributed by atoms with Gasteiger partial charge >= 0.3 is 0 Å². The lowest BCUT2D eigenvalue weighted by atomic mass is 9.93. The van der Waals surface area contributed by atoms with E-state index in [0.717, 1.165) is 25.9 Å². The number of primary amides is 1. The van der Waals surface area contributed by atoms with Gasteiger partial charge in [0, 0.05) is 19.6 Å². The largest absolute Gasteiger partial charge is 0.368 e. The zero-order valence-electron chi connectivity index (χ0n) is 10.6. The Kier molecular flexibility index (Phi) is 4.29. The highest BCUT2D eigenvalue weighted by Gasteiger charge is 2.47. The van der Waals surface area contributed by atoms with Crippen LogP contribution in [0.25, 0.3) is 0 Å². The zero-order chi connectivity index (χ0) is 12.3. The van der Waals surface area contributed by atoms with Crippen molar-refractivity contribution in [1.29, 1.82) is 0 Å². The fraction of sp³-hybridized carbons (Fsp3) is 0.909. The zero-order valence-corrected chi connectivity index (χ0v) is 10.6. The number of rotatable bonds is 7. The molecule has 0 aromatic rings. The van der Waals surface area contributed by atoms with E-state index in [9.17, 15) is 4.79 Å². The van der Waals surface area contributed by atoms with E-state index in [1.54, 1.807) is 0 Å². The van der Waals surface area contributed by atoms with Crippen LogP contribution in [0.2, 0.25) is 0 Å². The number of amides is 1. The molecule has 1 fully saturated rings. The second-order valence-electron chi connectivity index (χ2n) is 5.22. The van der Waals surface area contributed by atoms with Crippen LogP contribution in [0.3, 0.4) is 0 Å². The van der Waals surface area contributed by atoms with Crippen LogP contribution in [-0.4, -0.2) is 62.0 Å². The smallest absolute Gasteiger partial charge is 0.239 e. The molecule has 16 heavy (non-hydrogen) atoms. The average molecular weight is 228 g/mol. The minimum absolute atomic E-state index is 0.284. The molecular formula is C11H24N4O. The highest BCUT2D eigenvalue weighted by Crippen LogP contribution is 2.38. The third kappa shape index (κ3) is 3.43. The van der Waals surface area contributed by atoms with Gasteiger partial charge in [-0.05, 0) is 39.9 Å². The van der Waals surface area contributed by atoms with Crippen LogP contribution >= 0.6 is 0 Å². The molecule has 5 nitrogen and oxygen atoms in total. The lowest BCUT2D eigenvalue weighted by Crippen LogP contribution is -2.60. The Morgan fingerprint density at radius 1 is 1.31 bits per heavy atom. The number of carbonyl (C=O) groups excluding carboxylic acids is 1. The molecule has 1 aliphatic carbocycles. The Balaban J connectivity index is 2.45. The fourth-order valence-electron chi connectivity index (χ4n) is 1.90. The fourth-order valence-corrected chi connectivity index (χ4v) is 1.90. The maximum Gasteiger partial charge on any atom is 0.239 e. The van der Waals surface area contributed by atoms with Crippen molar-refractivity contribution in [3.05, 3.63) is 0 Å². The summed E-state index contributed by atoms with van der Waals surface area (Å²) in [7, 11) is 6.04. The van der Waals surface area contributed by atoms with Gasteiger partial charge < -0.3 is 21.3 Å². The molecular weight excluding hydrogens is 204 g/mol. The van der Waals surface area contributed by atoms with Crippen molar-refractivity contribution in [3.63, 3.8) is 0 Å². The molecule has 0 aromatic heterocycles. The van der Waals surface area contributed by atoms with Crippen LogP contribution < -0.4 is 11.5 Å². The second kappa shape index (κ2) is 5.12. The highest BCUT2D eigenvalue weighted by atomic mass is 16.1. The van der Waals surface area contributed by atoms with Crippen LogP contribution in [0.15, 0.2) is 0 Å². The Morgan fingerprint density at radius 2 is 1.88 bits per heavy atom. The maximum atomic E-state index is 11.4. The summed E-state index contributed by atoms with van der Waals surface area (Å²) >= 11 is 0. The van der Waals surface area contributed by atoms with Crippen LogP contribution in [0.1, 0.15) is 12.8 Å². The SMILES string of the molecule is CN(C)CCN(C)CC(N)(C(N)=O)C1CC1. The predicted octanol–water partition coefficient (Wildman–Crippen LogP) is -0.927. The summed E-state index contributed by atoms with van der Waals surface area (Å²) in [6.07, 6.45) is 2.06. The quantitative estimate of drug-likeness (QED) is 0.590. The number of carbonyl (C=O) groups is 1.